The molecule has 0 aliphatic carbocycles. The fourth-order valence-corrected chi connectivity index (χ4v) is 4.36. The van der Waals surface area contributed by atoms with Crippen LogP contribution in [0, 0.1) is 5.82 Å². The summed E-state index contributed by atoms with van der Waals surface area (Å²) < 4.78 is 19.2. The van der Waals surface area contributed by atoms with Crippen LogP contribution < -0.4 is 5.32 Å². The molecular weight excluding hydrogens is 447 g/mol. The van der Waals surface area contributed by atoms with Crippen LogP contribution in [-0.2, 0) is 20.9 Å². The van der Waals surface area contributed by atoms with E-state index in [0.29, 0.717) is 28.9 Å². The minimum Gasteiger partial charge on any atom is -0.463 e. The molecule has 2 aromatic carbocycles. The molecule has 0 bridgehead atoms. The van der Waals surface area contributed by atoms with Gasteiger partial charge in [0.15, 0.2) is 0 Å². The zero-order valence-electron chi connectivity index (χ0n) is 20.6. The number of nitrogens with zero attached hydrogens (tertiary/aromatic N) is 1. The van der Waals surface area contributed by atoms with Gasteiger partial charge < -0.3 is 15.0 Å². The van der Waals surface area contributed by atoms with Crippen molar-refractivity contribution in [1.29, 1.82) is 0 Å². The average Bonchev–Trinajstić information content (AvgIpc) is 2.84. The number of hydrogen-bond acceptors (Lipinski definition) is 4. The summed E-state index contributed by atoms with van der Waals surface area (Å²) in [4.78, 5) is 40.2. The molecule has 1 aliphatic heterocycles. The molecule has 1 N–H and O–H groups in total. The van der Waals surface area contributed by atoms with Gasteiger partial charge in [-0.2, -0.15) is 0 Å². The molecule has 1 aliphatic rings. The van der Waals surface area contributed by atoms with Gasteiger partial charge in [0.1, 0.15) is 5.82 Å². The molecule has 6 nitrogen and oxygen atoms in total. The fraction of sp³-hybridized carbons (Fsp3) is 0.393. The third-order valence-electron chi connectivity index (χ3n) is 6.17. The molecule has 7 heteroatoms. The van der Waals surface area contributed by atoms with E-state index in [1.807, 2.05) is 6.07 Å². The van der Waals surface area contributed by atoms with Gasteiger partial charge in [0.05, 0.1) is 18.7 Å². The standard InChI is InChI=1S/C28H33FN2O4/c1-4-6-7-14-30-27(33)22-12-8-10-20(15-22)18-31-19(3)26(28(34)35-5-2)24(17-25(31)32)21-11-9-13-23(29)16-21/h8-13,15-16,24H,4-7,14,17-18H2,1-3H3,(H,30,33). The van der Waals surface area contributed by atoms with Crippen LogP contribution in [0.15, 0.2) is 59.8 Å². The summed E-state index contributed by atoms with van der Waals surface area (Å²) in [5, 5.41) is 2.93. The van der Waals surface area contributed by atoms with E-state index < -0.39 is 17.7 Å². The minimum atomic E-state index is -0.589. The second-order valence-corrected chi connectivity index (χ2v) is 8.67. The van der Waals surface area contributed by atoms with Crippen molar-refractivity contribution in [3.63, 3.8) is 0 Å². The summed E-state index contributed by atoms with van der Waals surface area (Å²) in [7, 11) is 0. The quantitative estimate of drug-likeness (QED) is 0.379. The van der Waals surface area contributed by atoms with Gasteiger partial charge >= 0.3 is 5.97 Å². The lowest BCUT2D eigenvalue weighted by molar-refractivity contribution is -0.140. The molecule has 2 aromatic rings. The molecule has 1 unspecified atom stereocenters. The first-order valence-electron chi connectivity index (χ1n) is 12.2. The lowest BCUT2D eigenvalue weighted by Crippen LogP contribution is -2.38. The largest absolute Gasteiger partial charge is 0.463 e. The molecule has 0 fully saturated rings. The van der Waals surface area contributed by atoms with Crippen LogP contribution in [0.5, 0.6) is 0 Å². The Hall–Kier alpha value is -3.48. The molecule has 186 valence electrons. The maximum atomic E-state index is 13.9. The number of hydrogen-bond donors (Lipinski definition) is 1. The Balaban J connectivity index is 1.87. The van der Waals surface area contributed by atoms with E-state index in [0.717, 1.165) is 24.8 Å². The summed E-state index contributed by atoms with van der Waals surface area (Å²) in [6.45, 7) is 6.55. The Kier molecular flexibility index (Phi) is 9.18. The van der Waals surface area contributed by atoms with E-state index in [1.54, 1.807) is 49.1 Å². The van der Waals surface area contributed by atoms with Gasteiger partial charge in [0.2, 0.25) is 5.91 Å². The minimum absolute atomic E-state index is 0.0204. The Morgan fingerprint density at radius 3 is 2.60 bits per heavy atom. The number of carbonyl (C=O) groups excluding carboxylic acids is 3. The van der Waals surface area contributed by atoms with Crippen molar-refractivity contribution in [3.8, 4) is 0 Å². The normalized spacial score (nSPS) is 15.8. The summed E-state index contributed by atoms with van der Waals surface area (Å²) >= 11 is 0. The van der Waals surface area contributed by atoms with Crippen LogP contribution in [-0.4, -0.2) is 35.8 Å². The van der Waals surface area contributed by atoms with Crippen LogP contribution >= 0.6 is 0 Å². The van der Waals surface area contributed by atoms with E-state index in [-0.39, 0.29) is 31.4 Å². The second kappa shape index (κ2) is 12.3. The molecule has 35 heavy (non-hydrogen) atoms. The predicted octanol–water partition coefficient (Wildman–Crippen LogP) is 5.10. The van der Waals surface area contributed by atoms with E-state index in [4.69, 9.17) is 4.74 Å². The van der Waals surface area contributed by atoms with Crippen molar-refractivity contribution in [2.75, 3.05) is 13.2 Å². The van der Waals surface area contributed by atoms with E-state index in [2.05, 4.69) is 12.2 Å². The zero-order valence-corrected chi connectivity index (χ0v) is 20.6. The van der Waals surface area contributed by atoms with Gasteiger partial charge in [0.25, 0.3) is 5.91 Å². The number of halogens is 1. The van der Waals surface area contributed by atoms with E-state index in [9.17, 15) is 18.8 Å². The van der Waals surface area contributed by atoms with Crippen LogP contribution in [0.25, 0.3) is 0 Å². The van der Waals surface area contributed by atoms with Gasteiger partial charge in [-0.3, -0.25) is 9.59 Å². The van der Waals surface area contributed by atoms with Crippen LogP contribution in [0.2, 0.25) is 0 Å². The first-order valence-corrected chi connectivity index (χ1v) is 12.2. The number of ether oxygens (including phenoxy) is 1. The second-order valence-electron chi connectivity index (χ2n) is 8.67. The summed E-state index contributed by atoms with van der Waals surface area (Å²) in [6, 6.07) is 13.1. The van der Waals surface area contributed by atoms with Gasteiger partial charge in [-0.05, 0) is 55.7 Å². The number of unbranched alkanes of at least 4 members (excludes halogenated alkanes) is 2. The van der Waals surface area contributed by atoms with Crippen LogP contribution in [0.1, 0.15) is 73.9 Å². The maximum Gasteiger partial charge on any atom is 0.336 e. The Labute approximate surface area is 206 Å². The molecule has 2 amide bonds. The molecule has 1 heterocycles. The van der Waals surface area contributed by atoms with Gasteiger partial charge in [-0.15, -0.1) is 0 Å². The summed E-state index contributed by atoms with van der Waals surface area (Å²) in [6.07, 6.45) is 3.09. The third-order valence-corrected chi connectivity index (χ3v) is 6.17. The number of nitrogens with one attached hydrogen (secondary N) is 1. The number of allylic oxidation sites excluding steroid dienone is 1. The highest BCUT2D eigenvalue weighted by molar-refractivity contribution is 5.96. The van der Waals surface area contributed by atoms with Crippen molar-refractivity contribution in [2.24, 2.45) is 0 Å². The lowest BCUT2D eigenvalue weighted by atomic mass is 9.83. The predicted molar refractivity (Wildman–Crippen MR) is 132 cm³/mol. The Bertz CT molecular complexity index is 1110. The fourth-order valence-electron chi connectivity index (χ4n) is 4.36. The highest BCUT2D eigenvalue weighted by Crippen LogP contribution is 2.38. The molecule has 1 atom stereocenters. The molecule has 0 saturated carbocycles. The first-order chi connectivity index (χ1) is 16.8. The summed E-state index contributed by atoms with van der Waals surface area (Å²) in [5.74, 6) is -1.87. The van der Waals surface area contributed by atoms with Gasteiger partial charge in [0, 0.05) is 30.1 Å². The van der Waals surface area contributed by atoms with Crippen molar-refractivity contribution in [1.82, 2.24) is 10.2 Å². The first kappa shape index (κ1) is 26.1. The highest BCUT2D eigenvalue weighted by Gasteiger charge is 2.37. The van der Waals surface area contributed by atoms with Crippen LogP contribution in [0.3, 0.4) is 0 Å². The number of rotatable bonds is 10. The number of benzene rings is 2. The smallest absolute Gasteiger partial charge is 0.336 e. The topological polar surface area (TPSA) is 75.7 Å². The van der Waals surface area contributed by atoms with Crippen molar-refractivity contribution >= 4 is 17.8 Å². The number of amides is 2. The SMILES string of the molecule is CCCCCNC(=O)c1cccc(CN2C(=O)CC(c3cccc(F)c3)C(C(=O)OCC)=C2C)c1. The molecule has 0 spiro atoms. The molecule has 0 aromatic heterocycles. The van der Waals surface area contributed by atoms with Crippen molar-refractivity contribution < 1.29 is 23.5 Å². The number of esters is 1. The Morgan fingerprint density at radius 2 is 1.89 bits per heavy atom. The maximum absolute atomic E-state index is 13.9. The van der Waals surface area contributed by atoms with Gasteiger partial charge in [-0.1, -0.05) is 44.0 Å². The van der Waals surface area contributed by atoms with Gasteiger partial charge in [-0.25, -0.2) is 9.18 Å². The zero-order chi connectivity index (χ0) is 25.4. The van der Waals surface area contributed by atoms with Crippen molar-refractivity contribution in [2.45, 2.75) is 58.9 Å². The molecule has 0 saturated heterocycles. The van der Waals surface area contributed by atoms with E-state index in [1.165, 1.54) is 12.1 Å². The van der Waals surface area contributed by atoms with Crippen LogP contribution in [0.4, 0.5) is 4.39 Å². The molecular formula is C28H33FN2O4. The lowest BCUT2D eigenvalue weighted by Gasteiger charge is -2.34. The van der Waals surface area contributed by atoms with E-state index >= 15 is 0 Å². The molecule has 3 rings (SSSR count). The molecule has 0 radical (unpaired) electrons. The average molecular weight is 481 g/mol. The highest BCUT2D eigenvalue weighted by atomic mass is 19.1. The Morgan fingerprint density at radius 1 is 1.11 bits per heavy atom. The number of carbonyl (C=O) groups is 3. The summed E-state index contributed by atoms with van der Waals surface area (Å²) in [5.41, 5.74) is 2.67. The third kappa shape index (κ3) is 6.56. The monoisotopic (exact) mass is 480 g/mol. The van der Waals surface area contributed by atoms with Crippen molar-refractivity contribution in [3.05, 3.63) is 82.3 Å².